The number of hydrogen-bond donors (Lipinski definition) is 9. The molecule has 2 heterocycles. The summed E-state index contributed by atoms with van der Waals surface area (Å²) in [5, 5.41) is 63.0. The molecule has 1 amide bonds. The molecule has 2 fully saturated rings. The molecule has 0 aromatic rings. The van der Waals surface area contributed by atoms with Crippen molar-refractivity contribution in [2.45, 2.75) is 74.2 Å². The number of phosphoric ester groups is 1. The first-order valence-corrected chi connectivity index (χ1v) is 12.5. The van der Waals surface area contributed by atoms with Gasteiger partial charge in [0.1, 0.15) is 42.7 Å². The number of hydrogen-bond acceptors (Lipinski definition) is 13. The van der Waals surface area contributed by atoms with Crippen LogP contribution < -0.4 is 5.32 Å². The second-order valence-electron chi connectivity index (χ2n) is 8.41. The predicted molar refractivity (Wildman–Crippen MR) is 116 cm³/mol. The van der Waals surface area contributed by atoms with Crippen molar-refractivity contribution in [1.82, 2.24) is 5.32 Å². The van der Waals surface area contributed by atoms with Gasteiger partial charge in [0.15, 0.2) is 6.29 Å². The van der Waals surface area contributed by atoms with Crippen molar-refractivity contribution in [3.05, 3.63) is 12.7 Å². The lowest BCUT2D eigenvalue weighted by Crippen LogP contribution is -2.66. The van der Waals surface area contributed by atoms with Gasteiger partial charge in [-0.05, 0) is 0 Å². The van der Waals surface area contributed by atoms with E-state index in [9.17, 15) is 44.8 Å². The van der Waals surface area contributed by atoms with E-state index in [1.165, 1.54) is 6.08 Å². The summed E-state index contributed by atoms with van der Waals surface area (Å²) in [6.45, 7) is 2.64. The van der Waals surface area contributed by atoms with Gasteiger partial charge in [-0.3, -0.25) is 9.32 Å². The SMILES string of the molecule is C=CCO[C@@H]1O[C@H](CO[C@]2(C(=O)O)C[C@@H](O)[C@@H](OP(=O)(O)O)[C@@H]([C@H](O)CO)O2)[C@@H](O)[C@H](O)[C@H]1NC(C)=O. The zero-order chi connectivity index (χ0) is 28.1. The summed E-state index contributed by atoms with van der Waals surface area (Å²) < 4.78 is 37.3. The highest BCUT2D eigenvalue weighted by atomic mass is 31.2. The van der Waals surface area contributed by atoms with Crippen molar-refractivity contribution in [3.63, 3.8) is 0 Å². The van der Waals surface area contributed by atoms with Crippen molar-refractivity contribution >= 4 is 19.7 Å². The minimum atomic E-state index is -5.26. The number of aliphatic hydroxyl groups excluding tert-OH is 5. The molecule has 0 unspecified atom stereocenters. The Bertz CT molecular complexity index is 854. The Kier molecular flexibility index (Phi) is 11.1. The van der Waals surface area contributed by atoms with Crippen molar-refractivity contribution in [3.8, 4) is 0 Å². The van der Waals surface area contributed by atoms with Gasteiger partial charge in [0.05, 0.1) is 25.9 Å². The maximum absolute atomic E-state index is 12.1. The number of carbonyl (C=O) groups is 2. The van der Waals surface area contributed by atoms with Gasteiger partial charge in [-0.15, -0.1) is 6.58 Å². The number of aliphatic carboxylic acids is 1. The Morgan fingerprint density at radius 1 is 1.27 bits per heavy atom. The molecule has 2 aliphatic rings. The van der Waals surface area contributed by atoms with Crippen LogP contribution in [0.1, 0.15) is 13.3 Å². The third-order valence-corrected chi connectivity index (χ3v) is 6.11. The first-order chi connectivity index (χ1) is 17.2. The Hall–Kier alpha value is -1.57. The summed E-state index contributed by atoms with van der Waals surface area (Å²) in [5.41, 5.74) is 0. The highest BCUT2D eigenvalue weighted by Crippen LogP contribution is 2.44. The molecule has 9 N–H and O–H groups in total. The fourth-order valence-corrected chi connectivity index (χ4v) is 4.48. The van der Waals surface area contributed by atoms with Gasteiger partial charge in [-0.1, -0.05) is 6.08 Å². The summed E-state index contributed by atoms with van der Waals surface area (Å²) in [6.07, 6.45) is -13.8. The third-order valence-electron chi connectivity index (χ3n) is 5.59. The van der Waals surface area contributed by atoms with Gasteiger partial charge in [0.25, 0.3) is 5.79 Å². The predicted octanol–water partition coefficient (Wildman–Crippen LogP) is -4.08. The van der Waals surface area contributed by atoms with Crippen LogP contribution in [0.3, 0.4) is 0 Å². The normalized spacial score (nSPS) is 37.5. The molecular formula is C19H32NO16P. The summed E-state index contributed by atoms with van der Waals surface area (Å²) in [7, 11) is -5.26. The molecule has 18 heteroatoms. The van der Waals surface area contributed by atoms with Crippen LogP contribution in [-0.4, -0.2) is 133 Å². The zero-order valence-electron chi connectivity index (χ0n) is 19.6. The van der Waals surface area contributed by atoms with E-state index in [1.54, 1.807) is 0 Å². The number of phosphoric acid groups is 1. The lowest BCUT2D eigenvalue weighted by atomic mass is 9.92. The molecule has 0 radical (unpaired) electrons. The molecule has 214 valence electrons. The van der Waals surface area contributed by atoms with Crippen LogP contribution >= 0.6 is 7.82 Å². The lowest BCUT2D eigenvalue weighted by Gasteiger charge is -2.46. The maximum Gasteiger partial charge on any atom is 0.470 e. The van der Waals surface area contributed by atoms with Crippen LogP contribution in [0.5, 0.6) is 0 Å². The molecule has 0 saturated carbocycles. The smallest absolute Gasteiger partial charge is 0.470 e. The van der Waals surface area contributed by atoms with Crippen molar-refractivity contribution in [1.29, 1.82) is 0 Å². The highest BCUT2D eigenvalue weighted by molar-refractivity contribution is 7.46. The van der Waals surface area contributed by atoms with E-state index in [1.807, 2.05) is 0 Å². The van der Waals surface area contributed by atoms with Gasteiger partial charge in [-0.2, -0.15) is 0 Å². The average molecular weight is 561 g/mol. The molecule has 17 nitrogen and oxygen atoms in total. The maximum atomic E-state index is 12.1. The number of aliphatic hydroxyl groups is 5. The number of amides is 1. The highest BCUT2D eigenvalue weighted by Gasteiger charge is 2.57. The zero-order valence-corrected chi connectivity index (χ0v) is 20.5. The van der Waals surface area contributed by atoms with Crippen LogP contribution in [0.4, 0.5) is 0 Å². The van der Waals surface area contributed by atoms with Crippen LogP contribution in [0.15, 0.2) is 12.7 Å². The van der Waals surface area contributed by atoms with E-state index >= 15 is 0 Å². The Labute approximate surface area is 210 Å². The van der Waals surface area contributed by atoms with Crippen LogP contribution in [-0.2, 0) is 37.6 Å². The number of nitrogens with one attached hydrogen (secondary N) is 1. The summed E-state index contributed by atoms with van der Waals surface area (Å²) in [4.78, 5) is 41.9. The largest absolute Gasteiger partial charge is 0.477 e. The van der Waals surface area contributed by atoms with E-state index in [2.05, 4.69) is 16.4 Å². The molecule has 0 aliphatic carbocycles. The third kappa shape index (κ3) is 7.96. The van der Waals surface area contributed by atoms with Gasteiger partial charge >= 0.3 is 13.8 Å². The van der Waals surface area contributed by atoms with E-state index < -0.39 is 100 Å². The minimum absolute atomic E-state index is 0.0901. The van der Waals surface area contributed by atoms with Gasteiger partial charge in [0.2, 0.25) is 5.91 Å². The van der Waals surface area contributed by atoms with Crippen LogP contribution in [0.25, 0.3) is 0 Å². The molecule has 2 rings (SSSR count). The summed E-state index contributed by atoms with van der Waals surface area (Å²) in [5.74, 6) is -5.20. The van der Waals surface area contributed by atoms with E-state index in [0.717, 1.165) is 6.92 Å². The monoisotopic (exact) mass is 561 g/mol. The number of carbonyl (C=O) groups excluding carboxylic acids is 1. The van der Waals surface area contributed by atoms with Crippen molar-refractivity contribution in [2.75, 3.05) is 19.8 Å². The van der Waals surface area contributed by atoms with Gasteiger partial charge < -0.3 is 64.7 Å². The molecule has 2 saturated heterocycles. The molecular weight excluding hydrogens is 529 g/mol. The minimum Gasteiger partial charge on any atom is -0.477 e. The standard InChI is InChI=1S/C19H32NO16P/c1-3-4-32-17-12(20-8(2)22)14(26)13(25)11(34-17)7-33-19(18(27)28)5-9(23)16(36-37(29,30)31)15(35-19)10(24)6-21/h3,9-17,21,23-26H,1,4-7H2,2H3,(H,20,22)(H,27,28)(H2,29,30,31)/t9-,10-,11-,12-,13-,14-,15-,16-,17-,19-/m1/s1. The van der Waals surface area contributed by atoms with E-state index in [0.29, 0.717) is 0 Å². The first kappa shape index (κ1) is 31.6. The molecule has 0 spiro atoms. The second-order valence-corrected chi connectivity index (χ2v) is 9.60. The van der Waals surface area contributed by atoms with Gasteiger partial charge in [0, 0.05) is 13.3 Å². The Morgan fingerprint density at radius 2 is 1.92 bits per heavy atom. The molecule has 0 aromatic heterocycles. The molecule has 37 heavy (non-hydrogen) atoms. The van der Waals surface area contributed by atoms with Crippen molar-refractivity contribution < 1.29 is 78.1 Å². The number of carboxylic acid groups (broad SMARTS) is 1. The summed E-state index contributed by atoms with van der Waals surface area (Å²) in [6, 6.07) is -1.22. The van der Waals surface area contributed by atoms with Gasteiger partial charge in [-0.25, -0.2) is 9.36 Å². The molecule has 2 aliphatic heterocycles. The number of carboxylic acids is 1. The molecule has 0 aromatic carbocycles. The Balaban J connectivity index is 2.27. The number of ether oxygens (including phenoxy) is 4. The topological polar surface area (TPSA) is 271 Å². The quantitative estimate of drug-likeness (QED) is 0.0809. The van der Waals surface area contributed by atoms with E-state index in [4.69, 9.17) is 28.7 Å². The van der Waals surface area contributed by atoms with Crippen molar-refractivity contribution in [2.24, 2.45) is 0 Å². The fourth-order valence-electron chi connectivity index (χ4n) is 3.91. The first-order valence-electron chi connectivity index (χ1n) is 10.9. The summed E-state index contributed by atoms with van der Waals surface area (Å²) >= 11 is 0. The average Bonchev–Trinajstić information content (AvgIpc) is 2.80. The fraction of sp³-hybridized carbons (Fsp3) is 0.789. The number of rotatable bonds is 12. The van der Waals surface area contributed by atoms with E-state index in [-0.39, 0.29) is 6.61 Å². The Morgan fingerprint density at radius 3 is 2.43 bits per heavy atom. The second kappa shape index (κ2) is 13.0. The van der Waals surface area contributed by atoms with Crippen LogP contribution in [0.2, 0.25) is 0 Å². The van der Waals surface area contributed by atoms with Crippen LogP contribution in [0, 0.1) is 0 Å². The lowest BCUT2D eigenvalue weighted by molar-refractivity contribution is -0.337. The molecule has 0 bridgehead atoms. The molecule has 10 atom stereocenters.